The van der Waals surface area contributed by atoms with Crippen molar-refractivity contribution in [3.05, 3.63) is 12.2 Å². The Hall–Kier alpha value is -0.260. The minimum Gasteiger partial charge on any atom is -0.0885 e. The Morgan fingerprint density at radius 2 is 1.39 bits per heavy atom. The van der Waals surface area contributed by atoms with Crippen LogP contribution in [0.15, 0.2) is 12.2 Å². The Bertz CT molecular complexity index is 182. The van der Waals surface area contributed by atoms with Crippen LogP contribution in [0.25, 0.3) is 0 Å². The lowest BCUT2D eigenvalue weighted by Crippen LogP contribution is -1.99. The van der Waals surface area contributed by atoms with Crippen molar-refractivity contribution in [3.63, 3.8) is 0 Å². The fraction of sp³-hybridized carbons (Fsp3) is 0.889. The molecule has 1 saturated carbocycles. The van der Waals surface area contributed by atoms with E-state index in [4.69, 9.17) is 0 Å². The molecule has 18 heavy (non-hydrogen) atoms. The van der Waals surface area contributed by atoms with Crippen molar-refractivity contribution in [3.8, 4) is 0 Å². The SMILES string of the molecule is CCCCCC=CCCC1CCCCCCCC1. The first-order valence-corrected chi connectivity index (χ1v) is 8.58. The van der Waals surface area contributed by atoms with Crippen molar-refractivity contribution in [1.29, 1.82) is 0 Å². The average Bonchev–Trinajstić information content (AvgIpc) is 2.51. The minimum atomic E-state index is 1.03. The number of hydrogen-bond acceptors (Lipinski definition) is 0. The molecule has 0 saturated heterocycles. The summed E-state index contributed by atoms with van der Waals surface area (Å²) < 4.78 is 0. The van der Waals surface area contributed by atoms with Crippen molar-refractivity contribution < 1.29 is 0 Å². The van der Waals surface area contributed by atoms with Gasteiger partial charge < -0.3 is 0 Å². The molecule has 0 nitrogen and oxygen atoms in total. The molecule has 1 aliphatic carbocycles. The highest BCUT2D eigenvalue weighted by atomic mass is 14.1. The largest absolute Gasteiger partial charge is 0.0885 e. The highest BCUT2D eigenvalue weighted by Crippen LogP contribution is 2.25. The molecule has 0 heteroatoms. The first-order valence-electron chi connectivity index (χ1n) is 8.58. The first-order chi connectivity index (χ1) is 8.93. The molecule has 0 heterocycles. The van der Waals surface area contributed by atoms with E-state index in [1.54, 1.807) is 0 Å². The number of unbranched alkanes of at least 4 members (excludes halogenated alkanes) is 3. The second-order valence-corrected chi connectivity index (χ2v) is 6.11. The second kappa shape index (κ2) is 11.8. The van der Waals surface area contributed by atoms with E-state index < -0.39 is 0 Å². The summed E-state index contributed by atoms with van der Waals surface area (Å²) in [5.74, 6) is 1.03. The smallest absolute Gasteiger partial charge is 0.0348 e. The summed E-state index contributed by atoms with van der Waals surface area (Å²) in [6, 6.07) is 0. The zero-order valence-electron chi connectivity index (χ0n) is 12.6. The van der Waals surface area contributed by atoms with Crippen molar-refractivity contribution in [2.75, 3.05) is 0 Å². The van der Waals surface area contributed by atoms with Crippen LogP contribution in [0.2, 0.25) is 0 Å². The van der Waals surface area contributed by atoms with E-state index in [2.05, 4.69) is 19.1 Å². The average molecular weight is 250 g/mol. The quantitative estimate of drug-likeness (QED) is 0.350. The summed E-state index contributed by atoms with van der Waals surface area (Å²) in [7, 11) is 0. The van der Waals surface area contributed by atoms with Gasteiger partial charge in [0.05, 0.1) is 0 Å². The van der Waals surface area contributed by atoms with E-state index in [0.29, 0.717) is 0 Å². The predicted octanol–water partition coefficient (Wildman–Crippen LogP) is 6.65. The molecule has 0 atom stereocenters. The second-order valence-electron chi connectivity index (χ2n) is 6.11. The minimum absolute atomic E-state index is 1.03. The summed E-state index contributed by atoms with van der Waals surface area (Å²) in [4.78, 5) is 0. The van der Waals surface area contributed by atoms with Gasteiger partial charge >= 0.3 is 0 Å². The Morgan fingerprint density at radius 1 is 0.778 bits per heavy atom. The van der Waals surface area contributed by atoms with Crippen LogP contribution in [-0.2, 0) is 0 Å². The van der Waals surface area contributed by atoms with Gasteiger partial charge in [0.2, 0.25) is 0 Å². The lowest BCUT2D eigenvalue weighted by atomic mass is 9.92. The molecule has 1 fully saturated rings. The lowest BCUT2D eigenvalue weighted by Gasteiger charge is -2.14. The normalized spacial score (nSPS) is 19.6. The molecule has 0 spiro atoms. The van der Waals surface area contributed by atoms with Crippen molar-refractivity contribution in [1.82, 2.24) is 0 Å². The van der Waals surface area contributed by atoms with E-state index in [1.807, 2.05) is 0 Å². The maximum Gasteiger partial charge on any atom is -0.0348 e. The standard InChI is InChI=1S/C18H34/c1-2-3-4-5-6-9-12-15-18-16-13-10-7-8-11-14-17-18/h6,9,18H,2-5,7-8,10-17H2,1H3. The lowest BCUT2D eigenvalue weighted by molar-refractivity contribution is 0.403. The monoisotopic (exact) mass is 250 g/mol. The number of allylic oxidation sites excluding steroid dienone is 2. The van der Waals surface area contributed by atoms with Gasteiger partial charge in [0.15, 0.2) is 0 Å². The molecule has 0 unspecified atom stereocenters. The maximum absolute atomic E-state index is 2.45. The Morgan fingerprint density at radius 3 is 2.06 bits per heavy atom. The maximum atomic E-state index is 2.45. The third-order valence-corrected chi connectivity index (χ3v) is 4.36. The topological polar surface area (TPSA) is 0 Å². The van der Waals surface area contributed by atoms with Gasteiger partial charge in [-0.05, 0) is 31.6 Å². The molecule has 0 N–H and O–H groups in total. The number of hydrogen-bond donors (Lipinski definition) is 0. The van der Waals surface area contributed by atoms with E-state index in [9.17, 15) is 0 Å². The highest BCUT2D eigenvalue weighted by molar-refractivity contribution is 4.82. The summed E-state index contributed by atoms with van der Waals surface area (Å²) in [5.41, 5.74) is 0. The van der Waals surface area contributed by atoms with E-state index in [1.165, 1.54) is 89.9 Å². The summed E-state index contributed by atoms with van der Waals surface area (Å²) in [6.45, 7) is 2.28. The van der Waals surface area contributed by atoms with Crippen molar-refractivity contribution in [2.24, 2.45) is 5.92 Å². The van der Waals surface area contributed by atoms with Crippen LogP contribution < -0.4 is 0 Å². The van der Waals surface area contributed by atoms with Crippen molar-refractivity contribution in [2.45, 2.75) is 96.8 Å². The number of rotatable bonds is 7. The molecule has 0 amide bonds. The van der Waals surface area contributed by atoms with Crippen molar-refractivity contribution >= 4 is 0 Å². The van der Waals surface area contributed by atoms with Crippen LogP contribution in [0.4, 0.5) is 0 Å². The predicted molar refractivity (Wildman–Crippen MR) is 82.9 cm³/mol. The molecule has 0 aliphatic heterocycles. The van der Waals surface area contributed by atoms with Gasteiger partial charge in [0.25, 0.3) is 0 Å². The summed E-state index contributed by atoms with van der Waals surface area (Å²) >= 11 is 0. The van der Waals surface area contributed by atoms with Gasteiger partial charge in [0.1, 0.15) is 0 Å². The zero-order valence-corrected chi connectivity index (χ0v) is 12.6. The Balaban J connectivity index is 2.04. The molecule has 1 rings (SSSR count). The Labute approximate surface area is 115 Å². The summed E-state index contributed by atoms with van der Waals surface area (Å²) in [5, 5.41) is 0. The van der Waals surface area contributed by atoms with Crippen LogP contribution in [-0.4, -0.2) is 0 Å². The van der Waals surface area contributed by atoms with Gasteiger partial charge in [-0.15, -0.1) is 0 Å². The fourth-order valence-corrected chi connectivity index (χ4v) is 3.09. The molecule has 106 valence electrons. The molecule has 0 bridgehead atoms. The third-order valence-electron chi connectivity index (χ3n) is 4.36. The zero-order chi connectivity index (χ0) is 12.9. The Kier molecular flexibility index (Phi) is 10.4. The highest BCUT2D eigenvalue weighted by Gasteiger charge is 2.09. The van der Waals surface area contributed by atoms with Gasteiger partial charge in [-0.1, -0.05) is 83.3 Å². The van der Waals surface area contributed by atoms with Crippen LogP contribution in [0, 0.1) is 5.92 Å². The molecule has 0 aromatic carbocycles. The molecule has 1 aliphatic rings. The summed E-state index contributed by atoms with van der Waals surface area (Å²) in [6.07, 6.45) is 25.0. The third kappa shape index (κ3) is 8.78. The van der Waals surface area contributed by atoms with Crippen LogP contribution in [0.5, 0.6) is 0 Å². The van der Waals surface area contributed by atoms with E-state index >= 15 is 0 Å². The van der Waals surface area contributed by atoms with E-state index in [-0.39, 0.29) is 0 Å². The fourth-order valence-electron chi connectivity index (χ4n) is 3.09. The van der Waals surface area contributed by atoms with E-state index in [0.717, 1.165) is 5.92 Å². The first kappa shape index (κ1) is 15.8. The molecule has 0 radical (unpaired) electrons. The molecule has 0 aromatic heterocycles. The van der Waals surface area contributed by atoms with Crippen LogP contribution >= 0.6 is 0 Å². The molecule has 0 aromatic rings. The van der Waals surface area contributed by atoms with Crippen LogP contribution in [0.3, 0.4) is 0 Å². The van der Waals surface area contributed by atoms with Crippen LogP contribution in [0.1, 0.15) is 96.8 Å². The van der Waals surface area contributed by atoms with Gasteiger partial charge in [0, 0.05) is 0 Å². The molecular weight excluding hydrogens is 216 g/mol. The van der Waals surface area contributed by atoms with Gasteiger partial charge in [-0.25, -0.2) is 0 Å². The van der Waals surface area contributed by atoms with Gasteiger partial charge in [-0.3, -0.25) is 0 Å². The van der Waals surface area contributed by atoms with Gasteiger partial charge in [-0.2, -0.15) is 0 Å². The molecular formula is C18H34.